The van der Waals surface area contributed by atoms with Crippen LogP contribution in [-0.4, -0.2) is 23.9 Å². The van der Waals surface area contributed by atoms with Crippen LogP contribution in [0.25, 0.3) is 0 Å². The molecular weight excluding hydrogens is 262 g/mol. The topological polar surface area (TPSA) is 47.0 Å². The number of nitrogens with zero attached hydrogens (tertiary/aromatic N) is 2. The molecule has 112 valence electrons. The largest absolute Gasteiger partial charge is 0.493 e. The SMILES string of the molecule is CCCOc1ccccc1C(NC)c1cc(C)nnc1C. The maximum absolute atomic E-state index is 5.88. The third-order valence-electron chi connectivity index (χ3n) is 3.43. The van der Waals surface area contributed by atoms with E-state index >= 15 is 0 Å². The quantitative estimate of drug-likeness (QED) is 0.885. The van der Waals surface area contributed by atoms with Crippen molar-refractivity contribution in [3.63, 3.8) is 0 Å². The lowest BCUT2D eigenvalue weighted by atomic mass is 9.97. The van der Waals surface area contributed by atoms with Gasteiger partial charge in [-0.25, -0.2) is 0 Å². The molecule has 1 unspecified atom stereocenters. The van der Waals surface area contributed by atoms with Crippen LogP contribution in [-0.2, 0) is 0 Å². The van der Waals surface area contributed by atoms with E-state index in [-0.39, 0.29) is 6.04 Å². The molecular formula is C17H23N3O. The number of nitrogens with one attached hydrogen (secondary N) is 1. The van der Waals surface area contributed by atoms with Crippen molar-refractivity contribution in [2.24, 2.45) is 0 Å². The van der Waals surface area contributed by atoms with Crippen molar-refractivity contribution >= 4 is 0 Å². The Hall–Kier alpha value is -1.94. The van der Waals surface area contributed by atoms with Crippen LogP contribution in [0.2, 0.25) is 0 Å². The number of hydrogen-bond donors (Lipinski definition) is 1. The molecule has 4 heteroatoms. The first-order valence-corrected chi connectivity index (χ1v) is 7.37. The molecule has 0 aliphatic carbocycles. The van der Waals surface area contributed by atoms with E-state index in [0.29, 0.717) is 0 Å². The van der Waals surface area contributed by atoms with Gasteiger partial charge in [-0.3, -0.25) is 0 Å². The Labute approximate surface area is 126 Å². The highest BCUT2D eigenvalue weighted by molar-refractivity contribution is 5.42. The lowest BCUT2D eigenvalue weighted by Gasteiger charge is -2.21. The molecule has 0 aliphatic heterocycles. The molecule has 0 fully saturated rings. The highest BCUT2D eigenvalue weighted by Gasteiger charge is 2.19. The van der Waals surface area contributed by atoms with Gasteiger partial charge in [-0.05, 0) is 45.0 Å². The van der Waals surface area contributed by atoms with Crippen molar-refractivity contribution in [1.82, 2.24) is 15.5 Å². The second kappa shape index (κ2) is 7.18. The van der Waals surface area contributed by atoms with E-state index in [1.54, 1.807) is 0 Å². The first-order chi connectivity index (χ1) is 10.2. The standard InChI is InChI=1S/C17H23N3O/c1-5-10-21-16-9-7-6-8-14(16)17(18-4)15-11-12(2)19-20-13(15)3/h6-9,11,17-18H,5,10H2,1-4H3. The number of aromatic nitrogens is 2. The molecule has 0 bridgehead atoms. The molecule has 1 aromatic carbocycles. The fraction of sp³-hybridized carbons (Fsp3) is 0.412. The van der Waals surface area contributed by atoms with Gasteiger partial charge in [0.05, 0.1) is 24.0 Å². The molecule has 1 atom stereocenters. The molecule has 0 aliphatic rings. The molecule has 4 nitrogen and oxygen atoms in total. The molecule has 0 amide bonds. The van der Waals surface area contributed by atoms with Crippen LogP contribution in [0.4, 0.5) is 0 Å². The summed E-state index contributed by atoms with van der Waals surface area (Å²) in [7, 11) is 1.95. The van der Waals surface area contributed by atoms with E-state index in [1.807, 2.05) is 39.1 Å². The smallest absolute Gasteiger partial charge is 0.124 e. The number of ether oxygens (including phenoxy) is 1. The van der Waals surface area contributed by atoms with E-state index < -0.39 is 0 Å². The Morgan fingerprint density at radius 2 is 1.90 bits per heavy atom. The summed E-state index contributed by atoms with van der Waals surface area (Å²) < 4.78 is 5.88. The molecule has 1 heterocycles. The van der Waals surface area contributed by atoms with Crippen LogP contribution in [0.5, 0.6) is 5.75 Å². The lowest BCUT2D eigenvalue weighted by molar-refractivity contribution is 0.312. The van der Waals surface area contributed by atoms with Gasteiger partial charge in [0.1, 0.15) is 5.75 Å². The molecule has 2 aromatic rings. The fourth-order valence-corrected chi connectivity index (χ4v) is 2.40. The van der Waals surface area contributed by atoms with Crippen LogP contribution < -0.4 is 10.1 Å². The molecule has 1 N–H and O–H groups in total. The lowest BCUT2D eigenvalue weighted by Crippen LogP contribution is -2.20. The summed E-state index contributed by atoms with van der Waals surface area (Å²) in [5, 5.41) is 11.7. The number of benzene rings is 1. The summed E-state index contributed by atoms with van der Waals surface area (Å²) in [5.41, 5.74) is 4.12. The van der Waals surface area contributed by atoms with Crippen LogP contribution in [0, 0.1) is 13.8 Å². The maximum atomic E-state index is 5.88. The number of aryl methyl sites for hydroxylation is 2. The number of para-hydroxylation sites is 1. The zero-order chi connectivity index (χ0) is 15.2. The summed E-state index contributed by atoms with van der Waals surface area (Å²) in [6, 6.07) is 10.3. The second-order valence-electron chi connectivity index (χ2n) is 5.13. The first kappa shape index (κ1) is 15.4. The third kappa shape index (κ3) is 3.58. The summed E-state index contributed by atoms with van der Waals surface area (Å²) in [5.74, 6) is 0.924. The van der Waals surface area contributed by atoms with Gasteiger partial charge >= 0.3 is 0 Å². The molecule has 0 saturated carbocycles. The van der Waals surface area contributed by atoms with E-state index in [0.717, 1.165) is 41.3 Å². The molecule has 0 spiro atoms. The molecule has 0 saturated heterocycles. The van der Waals surface area contributed by atoms with Gasteiger partial charge in [-0.15, -0.1) is 0 Å². The van der Waals surface area contributed by atoms with Gasteiger partial charge in [0.2, 0.25) is 0 Å². The molecule has 21 heavy (non-hydrogen) atoms. The zero-order valence-corrected chi connectivity index (χ0v) is 13.2. The van der Waals surface area contributed by atoms with Crippen molar-refractivity contribution in [2.75, 3.05) is 13.7 Å². The molecule has 1 aromatic heterocycles. The summed E-state index contributed by atoms with van der Waals surface area (Å²) in [4.78, 5) is 0. The van der Waals surface area contributed by atoms with E-state index in [9.17, 15) is 0 Å². The van der Waals surface area contributed by atoms with Crippen molar-refractivity contribution in [3.05, 3.63) is 52.8 Å². The Balaban J connectivity index is 2.44. The minimum absolute atomic E-state index is 0.0484. The summed E-state index contributed by atoms with van der Waals surface area (Å²) in [6.07, 6.45) is 0.994. The Bertz CT molecular complexity index is 598. The average Bonchev–Trinajstić information content (AvgIpc) is 2.50. The predicted octanol–water partition coefficient (Wildman–Crippen LogP) is 3.19. The van der Waals surface area contributed by atoms with Gasteiger partial charge in [0.25, 0.3) is 0 Å². The van der Waals surface area contributed by atoms with Crippen molar-refractivity contribution in [3.8, 4) is 5.75 Å². The van der Waals surface area contributed by atoms with Crippen molar-refractivity contribution in [1.29, 1.82) is 0 Å². The maximum Gasteiger partial charge on any atom is 0.124 e. The average molecular weight is 285 g/mol. The Kier molecular flexibility index (Phi) is 5.28. The van der Waals surface area contributed by atoms with E-state index in [2.05, 4.69) is 34.6 Å². The van der Waals surface area contributed by atoms with Crippen molar-refractivity contribution in [2.45, 2.75) is 33.2 Å². The number of rotatable bonds is 6. The van der Waals surface area contributed by atoms with E-state index in [4.69, 9.17) is 4.74 Å². The van der Waals surface area contributed by atoms with Crippen LogP contribution in [0.15, 0.2) is 30.3 Å². The number of hydrogen-bond acceptors (Lipinski definition) is 4. The van der Waals surface area contributed by atoms with Gasteiger partial charge in [0, 0.05) is 5.56 Å². The van der Waals surface area contributed by atoms with E-state index in [1.165, 1.54) is 0 Å². The Morgan fingerprint density at radius 3 is 2.62 bits per heavy atom. The first-order valence-electron chi connectivity index (χ1n) is 7.37. The van der Waals surface area contributed by atoms with Crippen LogP contribution in [0.1, 0.15) is 41.9 Å². The van der Waals surface area contributed by atoms with Crippen molar-refractivity contribution < 1.29 is 4.74 Å². The normalized spacial score (nSPS) is 12.2. The fourth-order valence-electron chi connectivity index (χ4n) is 2.40. The highest BCUT2D eigenvalue weighted by atomic mass is 16.5. The molecule has 0 radical (unpaired) electrons. The van der Waals surface area contributed by atoms with Gasteiger partial charge in [-0.2, -0.15) is 10.2 Å². The summed E-state index contributed by atoms with van der Waals surface area (Å²) in [6.45, 7) is 6.78. The minimum atomic E-state index is 0.0484. The summed E-state index contributed by atoms with van der Waals surface area (Å²) >= 11 is 0. The zero-order valence-electron chi connectivity index (χ0n) is 13.2. The monoisotopic (exact) mass is 285 g/mol. The van der Waals surface area contributed by atoms with Gasteiger partial charge in [-0.1, -0.05) is 25.1 Å². The Morgan fingerprint density at radius 1 is 1.14 bits per heavy atom. The highest BCUT2D eigenvalue weighted by Crippen LogP contribution is 2.31. The molecule has 2 rings (SSSR count). The predicted molar refractivity (Wildman–Crippen MR) is 84.6 cm³/mol. The van der Waals surface area contributed by atoms with Crippen LogP contribution in [0.3, 0.4) is 0 Å². The minimum Gasteiger partial charge on any atom is -0.493 e. The van der Waals surface area contributed by atoms with Gasteiger partial charge < -0.3 is 10.1 Å². The van der Waals surface area contributed by atoms with Gasteiger partial charge in [0.15, 0.2) is 0 Å². The van der Waals surface area contributed by atoms with Crippen LogP contribution >= 0.6 is 0 Å². The third-order valence-corrected chi connectivity index (χ3v) is 3.43. The second-order valence-corrected chi connectivity index (χ2v) is 5.13.